The van der Waals surface area contributed by atoms with E-state index in [1.54, 1.807) is 26.2 Å². The molecule has 0 spiro atoms. The summed E-state index contributed by atoms with van der Waals surface area (Å²) in [5.41, 5.74) is 2.39. The molecule has 4 rings (SSSR count). The van der Waals surface area contributed by atoms with Crippen LogP contribution in [0.2, 0.25) is 0 Å². The second-order valence-corrected chi connectivity index (χ2v) is 8.09. The number of carbonyl (C=O) groups excluding carboxylic acids is 1. The van der Waals surface area contributed by atoms with Crippen LogP contribution in [0.15, 0.2) is 48.5 Å². The number of rotatable bonds is 7. The minimum atomic E-state index is -0.468. The summed E-state index contributed by atoms with van der Waals surface area (Å²) in [5.74, 6) is 0.568. The predicted octanol–water partition coefficient (Wildman–Crippen LogP) is 2.89. The van der Waals surface area contributed by atoms with Gasteiger partial charge in [0.1, 0.15) is 5.75 Å². The fraction of sp³-hybridized carbons (Fsp3) is 0.348. The lowest BCUT2D eigenvalue weighted by Gasteiger charge is -2.32. The Balaban J connectivity index is 1.35. The maximum atomic E-state index is 12.8. The predicted molar refractivity (Wildman–Crippen MR) is 122 cm³/mol. The second-order valence-electron chi connectivity index (χ2n) is 8.09. The number of non-ortho nitro benzene ring substituents is 1. The Morgan fingerprint density at radius 3 is 2.70 bits per heavy atom. The molecule has 2 aromatic carbocycles. The normalized spacial score (nSPS) is 14.7. The van der Waals surface area contributed by atoms with Gasteiger partial charge in [0.05, 0.1) is 23.4 Å². The van der Waals surface area contributed by atoms with E-state index in [0.717, 1.165) is 38.2 Å². The van der Waals surface area contributed by atoms with Crippen LogP contribution in [0.1, 0.15) is 34.6 Å². The van der Waals surface area contributed by atoms with E-state index < -0.39 is 4.92 Å². The standard InChI is InChI=1S/C23H26N6O4/c1-16-22(25-26-28(16)19-6-4-7-20(14-19)29(31)32)23(30)24-18-9-11-27(12-10-18)15-17-5-3-8-21(13-17)33-2/h3-8,13-14,18H,9-12,15H2,1-2H3,(H,24,30). The van der Waals surface area contributed by atoms with Crippen molar-refractivity contribution in [2.75, 3.05) is 20.2 Å². The molecule has 0 saturated carbocycles. The van der Waals surface area contributed by atoms with Crippen LogP contribution in [-0.4, -0.2) is 57.0 Å². The molecule has 33 heavy (non-hydrogen) atoms. The fourth-order valence-corrected chi connectivity index (χ4v) is 4.04. The van der Waals surface area contributed by atoms with Crippen LogP contribution >= 0.6 is 0 Å². The van der Waals surface area contributed by atoms with Gasteiger partial charge in [-0.1, -0.05) is 23.4 Å². The second kappa shape index (κ2) is 9.78. The summed E-state index contributed by atoms with van der Waals surface area (Å²) in [4.78, 5) is 25.8. The molecule has 1 aromatic heterocycles. The zero-order valence-electron chi connectivity index (χ0n) is 18.6. The average Bonchev–Trinajstić information content (AvgIpc) is 3.22. The largest absolute Gasteiger partial charge is 0.497 e. The Bertz CT molecular complexity index is 1150. The molecule has 0 radical (unpaired) electrons. The molecule has 1 saturated heterocycles. The Kier molecular flexibility index (Phi) is 6.64. The lowest BCUT2D eigenvalue weighted by Crippen LogP contribution is -2.44. The van der Waals surface area contributed by atoms with Gasteiger partial charge in [-0.05, 0) is 43.5 Å². The first kappa shape index (κ1) is 22.4. The number of nitrogens with zero attached hydrogens (tertiary/aromatic N) is 5. The first-order chi connectivity index (χ1) is 15.9. The number of carbonyl (C=O) groups is 1. The van der Waals surface area contributed by atoms with Gasteiger partial charge in [0.25, 0.3) is 11.6 Å². The summed E-state index contributed by atoms with van der Waals surface area (Å²) in [6.45, 7) is 4.32. The van der Waals surface area contributed by atoms with Crippen LogP contribution in [0.4, 0.5) is 5.69 Å². The van der Waals surface area contributed by atoms with Crippen LogP contribution < -0.4 is 10.1 Å². The average molecular weight is 450 g/mol. The molecular weight excluding hydrogens is 424 g/mol. The minimum absolute atomic E-state index is 0.0471. The number of methoxy groups -OCH3 is 1. The zero-order chi connectivity index (χ0) is 23.4. The van der Waals surface area contributed by atoms with Crippen LogP contribution in [0.25, 0.3) is 5.69 Å². The van der Waals surface area contributed by atoms with Crippen molar-refractivity contribution in [1.82, 2.24) is 25.2 Å². The molecule has 1 N–H and O–H groups in total. The number of ether oxygens (including phenoxy) is 1. The van der Waals surface area contributed by atoms with Crippen molar-refractivity contribution < 1.29 is 14.5 Å². The van der Waals surface area contributed by atoms with E-state index in [4.69, 9.17) is 4.74 Å². The third-order valence-electron chi connectivity index (χ3n) is 5.86. The van der Waals surface area contributed by atoms with Gasteiger partial charge in [-0.2, -0.15) is 0 Å². The number of nitro benzene ring substituents is 1. The number of piperidine rings is 1. The number of amides is 1. The molecule has 0 aliphatic carbocycles. The van der Waals surface area contributed by atoms with Gasteiger partial charge in [-0.15, -0.1) is 5.10 Å². The smallest absolute Gasteiger partial charge is 0.273 e. The molecule has 3 aromatic rings. The number of benzene rings is 2. The summed E-state index contributed by atoms with van der Waals surface area (Å²) in [6, 6.07) is 14.2. The summed E-state index contributed by atoms with van der Waals surface area (Å²) >= 11 is 0. The van der Waals surface area contributed by atoms with Gasteiger partial charge < -0.3 is 10.1 Å². The van der Waals surface area contributed by atoms with E-state index in [2.05, 4.69) is 26.6 Å². The molecule has 0 bridgehead atoms. The Morgan fingerprint density at radius 1 is 1.21 bits per heavy atom. The highest BCUT2D eigenvalue weighted by atomic mass is 16.6. The summed E-state index contributed by atoms with van der Waals surface area (Å²) in [5, 5.41) is 22.2. The molecule has 10 heteroatoms. The van der Waals surface area contributed by atoms with Crippen molar-refractivity contribution in [3.8, 4) is 11.4 Å². The minimum Gasteiger partial charge on any atom is -0.497 e. The van der Waals surface area contributed by atoms with E-state index in [0.29, 0.717) is 11.4 Å². The highest BCUT2D eigenvalue weighted by molar-refractivity contribution is 5.93. The van der Waals surface area contributed by atoms with Gasteiger partial charge in [0.2, 0.25) is 0 Å². The topological polar surface area (TPSA) is 115 Å². The van der Waals surface area contributed by atoms with Crippen molar-refractivity contribution in [1.29, 1.82) is 0 Å². The van der Waals surface area contributed by atoms with E-state index >= 15 is 0 Å². The summed E-state index contributed by atoms with van der Waals surface area (Å²) < 4.78 is 6.74. The quantitative estimate of drug-likeness (QED) is 0.435. The van der Waals surface area contributed by atoms with Crippen LogP contribution in [0, 0.1) is 17.0 Å². The van der Waals surface area contributed by atoms with Gasteiger partial charge in [0, 0.05) is 37.8 Å². The zero-order valence-corrected chi connectivity index (χ0v) is 18.6. The SMILES string of the molecule is COc1cccc(CN2CCC(NC(=O)c3nnn(-c4cccc([N+](=O)[O-])c4)c3C)CC2)c1. The van der Waals surface area contributed by atoms with Gasteiger partial charge >= 0.3 is 0 Å². The van der Waals surface area contributed by atoms with E-state index in [-0.39, 0.29) is 23.3 Å². The van der Waals surface area contributed by atoms with Crippen molar-refractivity contribution in [3.63, 3.8) is 0 Å². The molecular formula is C23H26N6O4. The monoisotopic (exact) mass is 450 g/mol. The van der Waals surface area contributed by atoms with Crippen LogP contribution in [0.3, 0.4) is 0 Å². The fourth-order valence-electron chi connectivity index (χ4n) is 4.04. The third kappa shape index (κ3) is 5.17. The Labute approximate surface area is 191 Å². The molecule has 1 aliphatic rings. The molecule has 1 aliphatic heterocycles. The molecule has 1 amide bonds. The Morgan fingerprint density at radius 2 is 1.97 bits per heavy atom. The van der Waals surface area contributed by atoms with Crippen LogP contribution in [0.5, 0.6) is 5.75 Å². The van der Waals surface area contributed by atoms with Gasteiger partial charge in [-0.3, -0.25) is 19.8 Å². The lowest BCUT2D eigenvalue weighted by atomic mass is 10.0. The van der Waals surface area contributed by atoms with Gasteiger partial charge in [-0.25, -0.2) is 4.68 Å². The number of nitrogens with one attached hydrogen (secondary N) is 1. The maximum absolute atomic E-state index is 12.8. The Hall–Kier alpha value is -3.79. The first-order valence-electron chi connectivity index (χ1n) is 10.8. The first-order valence-corrected chi connectivity index (χ1v) is 10.8. The summed E-state index contributed by atoms with van der Waals surface area (Å²) in [6.07, 6.45) is 1.68. The molecule has 1 fully saturated rings. The third-order valence-corrected chi connectivity index (χ3v) is 5.86. The molecule has 172 valence electrons. The lowest BCUT2D eigenvalue weighted by molar-refractivity contribution is -0.384. The van der Waals surface area contributed by atoms with Crippen molar-refractivity contribution in [2.45, 2.75) is 32.4 Å². The maximum Gasteiger partial charge on any atom is 0.273 e. The highest BCUT2D eigenvalue weighted by Crippen LogP contribution is 2.20. The van der Waals surface area contributed by atoms with Crippen molar-refractivity contribution >= 4 is 11.6 Å². The highest BCUT2D eigenvalue weighted by Gasteiger charge is 2.24. The number of nitro groups is 1. The molecule has 0 unspecified atom stereocenters. The number of aromatic nitrogens is 3. The van der Waals surface area contributed by atoms with E-state index in [1.165, 1.54) is 22.4 Å². The van der Waals surface area contributed by atoms with Gasteiger partial charge in [0.15, 0.2) is 5.69 Å². The van der Waals surface area contributed by atoms with Crippen LogP contribution in [-0.2, 0) is 6.54 Å². The molecule has 0 atom stereocenters. The molecule has 2 heterocycles. The van der Waals surface area contributed by atoms with E-state index in [9.17, 15) is 14.9 Å². The van der Waals surface area contributed by atoms with E-state index in [1.807, 2.05) is 18.2 Å². The summed E-state index contributed by atoms with van der Waals surface area (Å²) in [7, 11) is 1.66. The van der Waals surface area contributed by atoms with Crippen molar-refractivity contribution in [3.05, 3.63) is 75.6 Å². The number of likely N-dealkylation sites (tertiary alicyclic amines) is 1. The number of hydrogen-bond donors (Lipinski definition) is 1. The number of hydrogen-bond acceptors (Lipinski definition) is 7. The molecule has 10 nitrogen and oxygen atoms in total. The van der Waals surface area contributed by atoms with Crippen molar-refractivity contribution in [2.24, 2.45) is 0 Å².